The molecule has 132 valence electrons. The van der Waals surface area contributed by atoms with Gasteiger partial charge in [0.15, 0.2) is 0 Å². The molecule has 26 heavy (non-hydrogen) atoms. The summed E-state index contributed by atoms with van der Waals surface area (Å²) in [7, 11) is 0. The predicted molar refractivity (Wildman–Crippen MR) is 103 cm³/mol. The third-order valence-electron chi connectivity index (χ3n) is 4.34. The van der Waals surface area contributed by atoms with Gasteiger partial charge in [-0.15, -0.1) is 0 Å². The summed E-state index contributed by atoms with van der Waals surface area (Å²) in [5.41, 5.74) is 5.10. The van der Waals surface area contributed by atoms with Crippen molar-refractivity contribution < 1.29 is 4.74 Å². The molecule has 0 atom stereocenters. The van der Waals surface area contributed by atoms with Crippen molar-refractivity contribution in [2.24, 2.45) is 0 Å². The van der Waals surface area contributed by atoms with Crippen LogP contribution >= 0.6 is 0 Å². The maximum Gasteiger partial charge on any atom is 0.145 e. The molecule has 3 aromatic rings. The van der Waals surface area contributed by atoms with Gasteiger partial charge >= 0.3 is 0 Å². The first-order chi connectivity index (χ1) is 12.8. The first kappa shape index (κ1) is 16.3. The number of benzene rings is 1. The number of aryl methyl sites for hydroxylation is 1. The van der Waals surface area contributed by atoms with Crippen molar-refractivity contribution in [1.82, 2.24) is 15.0 Å². The average Bonchev–Trinajstić information content (AvgIpc) is 2.69. The third kappa shape index (κ3) is 3.59. The Morgan fingerprint density at radius 3 is 3.00 bits per heavy atom. The van der Waals surface area contributed by atoms with Gasteiger partial charge in [0.1, 0.15) is 24.5 Å². The molecule has 4 rings (SSSR count). The van der Waals surface area contributed by atoms with E-state index >= 15 is 0 Å². The Balaban J connectivity index is 1.43. The first-order valence-corrected chi connectivity index (χ1v) is 8.77. The second-order valence-electron chi connectivity index (χ2n) is 6.22. The van der Waals surface area contributed by atoms with Gasteiger partial charge < -0.3 is 15.4 Å². The van der Waals surface area contributed by atoms with Crippen LogP contribution in [0.15, 0.2) is 48.9 Å². The lowest BCUT2D eigenvalue weighted by Crippen LogP contribution is -2.19. The number of nitrogens with one attached hydrogen (secondary N) is 2. The van der Waals surface area contributed by atoms with E-state index in [1.54, 1.807) is 6.33 Å². The van der Waals surface area contributed by atoms with Crippen LogP contribution in [-0.4, -0.2) is 34.6 Å². The molecule has 6 heteroatoms. The van der Waals surface area contributed by atoms with Crippen LogP contribution in [0.4, 0.5) is 11.5 Å². The van der Waals surface area contributed by atoms with E-state index in [1.165, 1.54) is 5.56 Å². The lowest BCUT2D eigenvalue weighted by molar-refractivity contribution is 0.320. The molecular formula is C20H21N5O. The van der Waals surface area contributed by atoms with Crippen molar-refractivity contribution >= 4 is 11.5 Å². The number of rotatable bonds is 5. The summed E-state index contributed by atoms with van der Waals surface area (Å²) in [5, 5.41) is 6.74. The number of para-hydroxylation sites is 1. The van der Waals surface area contributed by atoms with Crippen molar-refractivity contribution in [1.29, 1.82) is 0 Å². The van der Waals surface area contributed by atoms with E-state index in [2.05, 4.69) is 43.8 Å². The minimum Gasteiger partial charge on any atom is -0.489 e. The summed E-state index contributed by atoms with van der Waals surface area (Å²) in [6.07, 6.45) is 4.27. The molecule has 1 aromatic carbocycles. The molecular weight excluding hydrogens is 326 g/mol. The summed E-state index contributed by atoms with van der Waals surface area (Å²) >= 11 is 0. The number of ether oxygens (including phenoxy) is 1. The van der Waals surface area contributed by atoms with Crippen LogP contribution in [0.1, 0.15) is 11.3 Å². The Morgan fingerprint density at radius 1 is 1.15 bits per heavy atom. The molecule has 0 spiro atoms. The van der Waals surface area contributed by atoms with Crippen LogP contribution in [0.5, 0.6) is 5.75 Å². The number of fused-ring (bicyclic) bond motifs is 1. The van der Waals surface area contributed by atoms with Gasteiger partial charge in [-0.1, -0.05) is 12.1 Å². The molecule has 6 nitrogen and oxygen atoms in total. The van der Waals surface area contributed by atoms with Crippen LogP contribution in [0.25, 0.3) is 11.3 Å². The van der Waals surface area contributed by atoms with E-state index in [9.17, 15) is 0 Å². The molecule has 1 aliphatic heterocycles. The summed E-state index contributed by atoms with van der Waals surface area (Å²) < 4.78 is 5.82. The number of nitrogens with zero attached hydrogens (tertiary/aromatic N) is 3. The molecule has 0 unspecified atom stereocenters. The van der Waals surface area contributed by atoms with E-state index in [0.717, 1.165) is 53.7 Å². The monoisotopic (exact) mass is 347 g/mol. The van der Waals surface area contributed by atoms with Crippen LogP contribution < -0.4 is 15.4 Å². The molecule has 0 saturated carbocycles. The molecule has 2 aromatic heterocycles. The number of pyridine rings is 1. The zero-order chi connectivity index (χ0) is 17.8. The van der Waals surface area contributed by atoms with E-state index in [0.29, 0.717) is 6.61 Å². The molecule has 0 fully saturated rings. The third-order valence-corrected chi connectivity index (χ3v) is 4.34. The number of hydrogen-bond donors (Lipinski definition) is 2. The van der Waals surface area contributed by atoms with Crippen LogP contribution in [0.3, 0.4) is 0 Å². The van der Waals surface area contributed by atoms with E-state index < -0.39 is 0 Å². The highest BCUT2D eigenvalue weighted by molar-refractivity contribution is 5.62. The number of anilines is 2. The lowest BCUT2D eigenvalue weighted by Gasteiger charge is -2.21. The number of aromatic nitrogens is 3. The molecule has 2 N–H and O–H groups in total. The minimum absolute atomic E-state index is 0.706. The Bertz CT molecular complexity index is 895. The smallest absolute Gasteiger partial charge is 0.145 e. The second kappa shape index (κ2) is 7.39. The quantitative estimate of drug-likeness (QED) is 0.738. The molecule has 0 radical (unpaired) electrons. The Labute approximate surface area is 152 Å². The number of hydrogen-bond acceptors (Lipinski definition) is 6. The SMILES string of the molecule is Cc1ccc(-c2cc(NCCc3cccc4c3OCCN4)ncn2)cn1. The zero-order valence-electron chi connectivity index (χ0n) is 14.7. The molecule has 1 aliphatic rings. The van der Waals surface area contributed by atoms with E-state index in [-0.39, 0.29) is 0 Å². The van der Waals surface area contributed by atoms with Gasteiger partial charge in [0.25, 0.3) is 0 Å². The first-order valence-electron chi connectivity index (χ1n) is 8.77. The molecule has 0 aliphatic carbocycles. The Morgan fingerprint density at radius 2 is 2.12 bits per heavy atom. The van der Waals surface area contributed by atoms with Crippen LogP contribution in [0.2, 0.25) is 0 Å². The van der Waals surface area contributed by atoms with Gasteiger partial charge in [-0.2, -0.15) is 0 Å². The summed E-state index contributed by atoms with van der Waals surface area (Å²) in [5.74, 6) is 1.77. The van der Waals surface area contributed by atoms with Crippen molar-refractivity contribution in [3.8, 4) is 17.0 Å². The topological polar surface area (TPSA) is 72.0 Å². The highest BCUT2D eigenvalue weighted by atomic mass is 16.5. The van der Waals surface area contributed by atoms with E-state index in [1.807, 2.05) is 31.3 Å². The standard InChI is InChI=1S/C20H21N5O/c1-14-5-6-16(12-23-14)18-11-19(25-13-24-18)22-8-7-15-3-2-4-17-20(15)26-10-9-21-17/h2-6,11-13,21H,7-10H2,1H3,(H,22,24,25). The minimum atomic E-state index is 0.706. The van der Waals surface area contributed by atoms with Gasteiger partial charge in [0.05, 0.1) is 11.4 Å². The normalized spacial score (nSPS) is 12.7. The summed E-state index contributed by atoms with van der Waals surface area (Å²) in [4.78, 5) is 13.0. The highest BCUT2D eigenvalue weighted by Gasteiger charge is 2.13. The molecule has 0 bridgehead atoms. The maximum atomic E-state index is 5.82. The largest absolute Gasteiger partial charge is 0.489 e. The van der Waals surface area contributed by atoms with Crippen molar-refractivity contribution in [2.75, 3.05) is 30.3 Å². The fraction of sp³-hybridized carbons (Fsp3) is 0.250. The second-order valence-corrected chi connectivity index (χ2v) is 6.22. The van der Waals surface area contributed by atoms with Gasteiger partial charge in [0, 0.05) is 36.6 Å². The summed E-state index contributed by atoms with van der Waals surface area (Å²) in [6.45, 7) is 4.30. The fourth-order valence-corrected chi connectivity index (χ4v) is 2.99. The van der Waals surface area contributed by atoms with Crippen LogP contribution in [-0.2, 0) is 6.42 Å². The van der Waals surface area contributed by atoms with Gasteiger partial charge in [-0.3, -0.25) is 4.98 Å². The lowest BCUT2D eigenvalue weighted by atomic mass is 10.1. The fourth-order valence-electron chi connectivity index (χ4n) is 2.99. The Hall–Kier alpha value is -3.15. The molecule has 0 amide bonds. The summed E-state index contributed by atoms with van der Waals surface area (Å²) in [6, 6.07) is 12.2. The predicted octanol–water partition coefficient (Wildman–Crippen LogP) is 3.31. The maximum absolute atomic E-state index is 5.82. The van der Waals surface area contributed by atoms with Crippen molar-refractivity contribution in [3.63, 3.8) is 0 Å². The molecule has 3 heterocycles. The van der Waals surface area contributed by atoms with Gasteiger partial charge in [-0.25, -0.2) is 9.97 Å². The van der Waals surface area contributed by atoms with E-state index in [4.69, 9.17) is 4.74 Å². The van der Waals surface area contributed by atoms with Crippen molar-refractivity contribution in [3.05, 3.63) is 60.2 Å². The highest BCUT2D eigenvalue weighted by Crippen LogP contribution is 2.31. The zero-order valence-corrected chi connectivity index (χ0v) is 14.7. The van der Waals surface area contributed by atoms with Gasteiger partial charge in [-0.05, 0) is 37.1 Å². The Kier molecular flexibility index (Phi) is 4.64. The van der Waals surface area contributed by atoms with Gasteiger partial charge in [0.2, 0.25) is 0 Å². The average molecular weight is 347 g/mol. The molecule has 0 saturated heterocycles. The van der Waals surface area contributed by atoms with Crippen LogP contribution in [0, 0.1) is 6.92 Å². The van der Waals surface area contributed by atoms with Crippen molar-refractivity contribution in [2.45, 2.75) is 13.3 Å².